The Bertz CT molecular complexity index is 348. The number of hydrogen-bond acceptors (Lipinski definition) is 3. The summed E-state index contributed by atoms with van der Waals surface area (Å²) in [6.07, 6.45) is 1.65. The van der Waals surface area contributed by atoms with Gasteiger partial charge in [-0.25, -0.2) is 4.79 Å². The van der Waals surface area contributed by atoms with Gasteiger partial charge in [0.1, 0.15) is 5.54 Å². The lowest BCUT2D eigenvalue weighted by Gasteiger charge is -2.22. The number of rotatable bonds is 3. The highest BCUT2D eigenvalue weighted by atomic mass is 16.4. The molecule has 0 aliphatic carbocycles. The van der Waals surface area contributed by atoms with Crippen LogP contribution in [0.2, 0.25) is 0 Å². The maximum atomic E-state index is 10.8. The second-order valence-electron chi connectivity index (χ2n) is 3.74. The summed E-state index contributed by atoms with van der Waals surface area (Å²) in [5, 5.41) is 11.8. The summed E-state index contributed by atoms with van der Waals surface area (Å²) in [5.74, 6) is -0.882. The summed E-state index contributed by atoms with van der Waals surface area (Å²) in [6, 6.07) is 3.56. The molecule has 0 fully saturated rings. The van der Waals surface area contributed by atoms with Crippen LogP contribution in [0.15, 0.2) is 18.3 Å². The van der Waals surface area contributed by atoms with Crippen LogP contribution in [0.1, 0.15) is 19.5 Å². The van der Waals surface area contributed by atoms with Crippen LogP contribution < -0.4 is 5.32 Å². The van der Waals surface area contributed by atoms with E-state index in [0.29, 0.717) is 0 Å². The first kappa shape index (κ1) is 10.5. The molecule has 0 unspecified atom stereocenters. The summed E-state index contributed by atoms with van der Waals surface area (Å²) < 4.78 is 0. The van der Waals surface area contributed by atoms with Crippen molar-refractivity contribution >= 4 is 11.7 Å². The van der Waals surface area contributed by atoms with Crippen LogP contribution in [-0.2, 0) is 4.79 Å². The van der Waals surface area contributed by atoms with Crippen LogP contribution in [0.3, 0.4) is 0 Å². The van der Waals surface area contributed by atoms with Crippen LogP contribution in [0.4, 0.5) is 5.69 Å². The minimum atomic E-state index is -0.964. The first-order valence-electron chi connectivity index (χ1n) is 4.36. The van der Waals surface area contributed by atoms with E-state index in [9.17, 15) is 4.79 Å². The number of carboxylic acids is 1. The summed E-state index contributed by atoms with van der Waals surface area (Å²) in [6.45, 7) is 5.09. The van der Waals surface area contributed by atoms with Crippen molar-refractivity contribution in [1.82, 2.24) is 4.98 Å². The smallest absolute Gasteiger partial charge is 0.328 e. The molecule has 0 saturated carbocycles. The lowest BCUT2D eigenvalue weighted by molar-refractivity contribution is -0.141. The second kappa shape index (κ2) is 3.65. The summed E-state index contributed by atoms with van der Waals surface area (Å²) in [7, 11) is 0. The van der Waals surface area contributed by atoms with Gasteiger partial charge >= 0.3 is 5.97 Å². The highest BCUT2D eigenvalue weighted by Crippen LogP contribution is 2.15. The fourth-order valence-electron chi connectivity index (χ4n) is 1.04. The molecule has 4 nitrogen and oxygen atoms in total. The lowest BCUT2D eigenvalue weighted by Crippen LogP contribution is -2.39. The fraction of sp³-hybridized carbons (Fsp3) is 0.400. The Morgan fingerprint density at radius 1 is 1.57 bits per heavy atom. The van der Waals surface area contributed by atoms with E-state index < -0.39 is 11.5 Å². The third-order valence-corrected chi connectivity index (χ3v) is 1.89. The maximum Gasteiger partial charge on any atom is 0.328 e. The number of nitrogens with one attached hydrogen (secondary N) is 1. The predicted octanol–water partition coefficient (Wildman–Crippen LogP) is 1.67. The molecule has 0 aliphatic heterocycles. The zero-order valence-corrected chi connectivity index (χ0v) is 8.53. The van der Waals surface area contributed by atoms with Gasteiger partial charge in [0.15, 0.2) is 0 Å². The topological polar surface area (TPSA) is 62.2 Å². The van der Waals surface area contributed by atoms with Crippen molar-refractivity contribution in [2.45, 2.75) is 26.3 Å². The number of pyridine rings is 1. The van der Waals surface area contributed by atoms with Gasteiger partial charge in [-0.05, 0) is 32.9 Å². The minimum Gasteiger partial charge on any atom is -0.480 e. The Morgan fingerprint density at radius 2 is 2.21 bits per heavy atom. The standard InChI is InChI=1S/C10H14N2O2/c1-7-6-8(4-5-11-7)12-10(2,3)9(13)14/h4-6H,1-3H3,(H,11,12)(H,13,14). The molecular weight excluding hydrogens is 180 g/mol. The van der Waals surface area contributed by atoms with Crippen molar-refractivity contribution in [3.8, 4) is 0 Å². The normalized spacial score (nSPS) is 11.1. The van der Waals surface area contributed by atoms with Gasteiger partial charge in [0.2, 0.25) is 0 Å². The van der Waals surface area contributed by atoms with Crippen molar-refractivity contribution in [3.05, 3.63) is 24.0 Å². The number of hydrogen-bond donors (Lipinski definition) is 2. The van der Waals surface area contributed by atoms with E-state index in [1.807, 2.05) is 13.0 Å². The van der Waals surface area contributed by atoms with Gasteiger partial charge in [-0.2, -0.15) is 0 Å². The highest BCUT2D eigenvalue weighted by Gasteiger charge is 2.26. The number of nitrogens with zero attached hydrogens (tertiary/aromatic N) is 1. The van der Waals surface area contributed by atoms with E-state index in [0.717, 1.165) is 11.4 Å². The van der Waals surface area contributed by atoms with Crippen molar-refractivity contribution in [1.29, 1.82) is 0 Å². The third-order valence-electron chi connectivity index (χ3n) is 1.89. The molecule has 0 bridgehead atoms. The number of aliphatic carboxylic acids is 1. The summed E-state index contributed by atoms with van der Waals surface area (Å²) >= 11 is 0. The number of aryl methyl sites for hydroxylation is 1. The molecule has 0 aliphatic rings. The van der Waals surface area contributed by atoms with Gasteiger partial charge in [-0.1, -0.05) is 0 Å². The van der Waals surface area contributed by atoms with Gasteiger partial charge in [0.05, 0.1) is 0 Å². The number of carbonyl (C=O) groups is 1. The molecule has 0 radical (unpaired) electrons. The van der Waals surface area contributed by atoms with Gasteiger partial charge in [0, 0.05) is 17.6 Å². The molecule has 0 saturated heterocycles. The Kier molecular flexibility index (Phi) is 2.74. The van der Waals surface area contributed by atoms with Crippen LogP contribution in [0.25, 0.3) is 0 Å². The molecule has 0 aromatic carbocycles. The van der Waals surface area contributed by atoms with Crippen LogP contribution in [0.5, 0.6) is 0 Å². The lowest BCUT2D eigenvalue weighted by atomic mass is 10.1. The molecule has 1 rings (SSSR count). The van der Waals surface area contributed by atoms with E-state index in [1.54, 1.807) is 26.1 Å². The SMILES string of the molecule is Cc1cc(NC(C)(C)C(=O)O)ccn1. The highest BCUT2D eigenvalue weighted by molar-refractivity contribution is 5.81. The van der Waals surface area contributed by atoms with Gasteiger partial charge in [-0.15, -0.1) is 0 Å². The maximum absolute atomic E-state index is 10.8. The largest absolute Gasteiger partial charge is 0.480 e. The first-order valence-corrected chi connectivity index (χ1v) is 4.36. The molecule has 2 N–H and O–H groups in total. The van der Waals surface area contributed by atoms with E-state index in [-0.39, 0.29) is 0 Å². The number of carboxylic acid groups (broad SMARTS) is 1. The first-order chi connectivity index (χ1) is 6.42. The molecule has 0 amide bonds. The van der Waals surface area contributed by atoms with Gasteiger partial charge in [0.25, 0.3) is 0 Å². The van der Waals surface area contributed by atoms with Crippen LogP contribution in [0, 0.1) is 6.92 Å². The van der Waals surface area contributed by atoms with E-state index in [1.165, 1.54) is 0 Å². The van der Waals surface area contributed by atoms with Crippen LogP contribution >= 0.6 is 0 Å². The summed E-state index contributed by atoms with van der Waals surface area (Å²) in [4.78, 5) is 14.9. The van der Waals surface area contributed by atoms with Crippen LogP contribution in [-0.4, -0.2) is 21.6 Å². The molecule has 14 heavy (non-hydrogen) atoms. The van der Waals surface area contributed by atoms with Gasteiger partial charge < -0.3 is 10.4 Å². The van der Waals surface area contributed by atoms with E-state index >= 15 is 0 Å². The molecule has 0 spiro atoms. The fourth-order valence-corrected chi connectivity index (χ4v) is 1.04. The quantitative estimate of drug-likeness (QED) is 0.768. The zero-order valence-electron chi connectivity index (χ0n) is 8.53. The Morgan fingerprint density at radius 3 is 2.71 bits per heavy atom. The average Bonchev–Trinajstić information content (AvgIpc) is 2.02. The molecule has 1 aromatic rings. The average molecular weight is 194 g/mol. The van der Waals surface area contributed by atoms with E-state index in [2.05, 4.69) is 10.3 Å². The molecule has 76 valence electrons. The van der Waals surface area contributed by atoms with Crippen molar-refractivity contribution in [2.24, 2.45) is 0 Å². The minimum absolute atomic E-state index is 0.768. The summed E-state index contributed by atoms with van der Waals surface area (Å²) in [5.41, 5.74) is 0.662. The Hall–Kier alpha value is -1.58. The van der Waals surface area contributed by atoms with Crippen molar-refractivity contribution in [3.63, 3.8) is 0 Å². The third kappa shape index (κ3) is 2.45. The zero-order chi connectivity index (χ0) is 10.8. The van der Waals surface area contributed by atoms with E-state index in [4.69, 9.17) is 5.11 Å². The second-order valence-corrected chi connectivity index (χ2v) is 3.74. The van der Waals surface area contributed by atoms with Gasteiger partial charge in [-0.3, -0.25) is 4.98 Å². The monoisotopic (exact) mass is 194 g/mol. The predicted molar refractivity (Wildman–Crippen MR) is 54.3 cm³/mol. The number of aromatic nitrogens is 1. The molecular formula is C10H14N2O2. The van der Waals surface area contributed by atoms with Crippen molar-refractivity contribution in [2.75, 3.05) is 5.32 Å². The molecule has 4 heteroatoms. The molecule has 1 aromatic heterocycles. The Labute approximate surface area is 83.0 Å². The molecule has 1 heterocycles. The Balaban J connectivity index is 2.83. The number of anilines is 1. The molecule has 0 atom stereocenters. The van der Waals surface area contributed by atoms with Crippen molar-refractivity contribution < 1.29 is 9.90 Å².